The Bertz CT molecular complexity index is 504. The molecule has 1 aromatic carbocycles. The van der Waals surface area contributed by atoms with Gasteiger partial charge in [0, 0.05) is 13.1 Å². The van der Waals surface area contributed by atoms with Crippen molar-refractivity contribution in [3.63, 3.8) is 0 Å². The van der Waals surface area contributed by atoms with Gasteiger partial charge in [0.05, 0.1) is 12.7 Å². The van der Waals surface area contributed by atoms with E-state index in [1.54, 1.807) is 0 Å². The summed E-state index contributed by atoms with van der Waals surface area (Å²) in [6.45, 7) is 8.46. The van der Waals surface area contributed by atoms with Crippen molar-refractivity contribution in [1.29, 1.82) is 0 Å². The van der Waals surface area contributed by atoms with Crippen LogP contribution in [0.25, 0.3) is 0 Å². The third kappa shape index (κ3) is 3.95. The monoisotopic (exact) mass is 292 g/mol. The molecule has 5 nitrogen and oxygen atoms in total. The summed E-state index contributed by atoms with van der Waals surface area (Å²) in [7, 11) is 0. The number of rotatable bonds is 5. The van der Waals surface area contributed by atoms with E-state index in [2.05, 4.69) is 6.07 Å². The Morgan fingerprint density at radius 3 is 2.95 bits per heavy atom. The van der Waals surface area contributed by atoms with Gasteiger partial charge in [-0.25, -0.2) is 0 Å². The first-order chi connectivity index (χ1) is 9.99. The molecule has 2 atom stereocenters. The summed E-state index contributed by atoms with van der Waals surface area (Å²) < 4.78 is 11.3. The minimum atomic E-state index is -0.374. The fourth-order valence-corrected chi connectivity index (χ4v) is 2.68. The lowest BCUT2D eigenvalue weighted by Crippen LogP contribution is -2.57. The molecule has 0 aliphatic carbocycles. The Kier molecular flexibility index (Phi) is 5.20. The maximum absolute atomic E-state index is 11.6. The molecule has 1 aromatic rings. The molecule has 0 radical (unpaired) electrons. The molecule has 0 aromatic heterocycles. The van der Waals surface area contributed by atoms with E-state index in [1.807, 2.05) is 37.8 Å². The van der Waals surface area contributed by atoms with Gasteiger partial charge >= 0.3 is 0 Å². The van der Waals surface area contributed by atoms with Gasteiger partial charge in [-0.15, -0.1) is 0 Å². The van der Waals surface area contributed by atoms with Crippen LogP contribution >= 0.6 is 0 Å². The molecule has 5 heteroatoms. The highest BCUT2D eigenvalue weighted by Crippen LogP contribution is 2.19. The normalized spacial score (nSPS) is 23.0. The second-order valence-corrected chi connectivity index (χ2v) is 5.58. The maximum Gasteiger partial charge on any atom is 0.237 e. The Labute approximate surface area is 126 Å². The summed E-state index contributed by atoms with van der Waals surface area (Å²) in [5, 5.41) is 0. The number of amides is 1. The van der Waals surface area contributed by atoms with Crippen LogP contribution < -0.4 is 10.5 Å². The molecule has 1 heterocycles. The summed E-state index contributed by atoms with van der Waals surface area (Å²) in [6.07, 6.45) is -0.169. The molecule has 2 N–H and O–H groups in total. The fourth-order valence-electron chi connectivity index (χ4n) is 2.68. The van der Waals surface area contributed by atoms with Gasteiger partial charge in [-0.2, -0.15) is 0 Å². The number of hydrogen-bond acceptors (Lipinski definition) is 4. The highest BCUT2D eigenvalue weighted by Gasteiger charge is 2.33. The second kappa shape index (κ2) is 6.91. The van der Waals surface area contributed by atoms with E-state index >= 15 is 0 Å². The highest BCUT2D eigenvalue weighted by atomic mass is 16.5. The van der Waals surface area contributed by atoms with Gasteiger partial charge in [0.2, 0.25) is 5.91 Å². The van der Waals surface area contributed by atoms with Gasteiger partial charge in [0.25, 0.3) is 0 Å². The number of nitrogens with zero attached hydrogens (tertiary/aromatic N) is 1. The van der Waals surface area contributed by atoms with Crippen molar-refractivity contribution in [3.05, 3.63) is 29.3 Å². The first-order valence-corrected chi connectivity index (χ1v) is 7.34. The summed E-state index contributed by atoms with van der Waals surface area (Å²) >= 11 is 0. The van der Waals surface area contributed by atoms with Gasteiger partial charge in [0.15, 0.2) is 0 Å². The largest absolute Gasteiger partial charge is 0.492 e. The zero-order valence-electron chi connectivity index (χ0n) is 13.0. The first kappa shape index (κ1) is 15.8. The fraction of sp³-hybridized carbons (Fsp3) is 0.562. The minimum Gasteiger partial charge on any atom is -0.492 e. The molecule has 116 valence electrons. The maximum atomic E-state index is 11.6. The van der Waals surface area contributed by atoms with Crippen molar-refractivity contribution >= 4 is 5.91 Å². The molecule has 0 spiro atoms. The number of morpholine rings is 1. The van der Waals surface area contributed by atoms with Crippen LogP contribution in [0.2, 0.25) is 0 Å². The molecule has 1 amide bonds. The molecule has 0 unspecified atom stereocenters. The van der Waals surface area contributed by atoms with Gasteiger partial charge in [-0.1, -0.05) is 12.1 Å². The van der Waals surface area contributed by atoms with Crippen LogP contribution in [0.4, 0.5) is 0 Å². The lowest BCUT2D eigenvalue weighted by molar-refractivity contribution is -0.136. The number of ether oxygens (including phenoxy) is 2. The van der Waals surface area contributed by atoms with Crippen LogP contribution in [0, 0.1) is 13.8 Å². The van der Waals surface area contributed by atoms with Crippen LogP contribution in [0.15, 0.2) is 18.2 Å². The van der Waals surface area contributed by atoms with Gasteiger partial charge in [-0.3, -0.25) is 9.69 Å². The molecule has 21 heavy (non-hydrogen) atoms. The van der Waals surface area contributed by atoms with Crippen molar-refractivity contribution in [2.45, 2.75) is 32.9 Å². The van der Waals surface area contributed by atoms with E-state index in [-0.39, 0.29) is 18.1 Å². The summed E-state index contributed by atoms with van der Waals surface area (Å²) in [6, 6.07) is 5.77. The number of aryl methyl sites for hydroxylation is 2. The summed E-state index contributed by atoms with van der Waals surface area (Å²) in [4.78, 5) is 13.6. The number of primary amides is 1. The van der Waals surface area contributed by atoms with Crippen LogP contribution in [-0.4, -0.2) is 49.3 Å². The molecular formula is C16H24N2O3. The molecule has 1 aliphatic heterocycles. The average Bonchev–Trinajstić information content (AvgIpc) is 2.42. The molecule has 1 aliphatic rings. The zero-order chi connectivity index (χ0) is 15.4. The average molecular weight is 292 g/mol. The Morgan fingerprint density at radius 1 is 1.48 bits per heavy atom. The van der Waals surface area contributed by atoms with Gasteiger partial charge in [0.1, 0.15) is 18.4 Å². The Morgan fingerprint density at radius 2 is 2.24 bits per heavy atom. The standard InChI is InChI=1S/C16H24N2O3/c1-11-4-5-12(2)14(10-11)21-9-7-18-6-8-20-13(3)15(18)16(17)19/h4-5,10,13,15H,6-9H2,1-3H3,(H2,17,19)/t13-,15+/m1/s1. The number of benzene rings is 1. The topological polar surface area (TPSA) is 64.8 Å². The third-order valence-corrected chi connectivity index (χ3v) is 3.87. The van der Waals surface area contributed by atoms with E-state index in [1.165, 1.54) is 5.56 Å². The lowest BCUT2D eigenvalue weighted by atomic mass is 10.1. The Hall–Kier alpha value is -1.59. The third-order valence-electron chi connectivity index (χ3n) is 3.87. The van der Waals surface area contributed by atoms with Crippen LogP contribution in [0.1, 0.15) is 18.1 Å². The van der Waals surface area contributed by atoms with Gasteiger partial charge in [-0.05, 0) is 38.0 Å². The molecule has 1 fully saturated rings. The minimum absolute atomic E-state index is 0.169. The number of carbonyl (C=O) groups excluding carboxylic acids is 1. The molecule has 2 rings (SSSR count). The van der Waals surface area contributed by atoms with Crippen molar-refractivity contribution in [2.75, 3.05) is 26.3 Å². The molecule has 0 bridgehead atoms. The quantitative estimate of drug-likeness (QED) is 0.887. The van der Waals surface area contributed by atoms with Gasteiger partial charge < -0.3 is 15.2 Å². The summed E-state index contributed by atoms with van der Waals surface area (Å²) in [5.74, 6) is 0.556. The van der Waals surface area contributed by atoms with Crippen LogP contribution in [0.3, 0.4) is 0 Å². The number of nitrogens with two attached hydrogens (primary N) is 1. The van der Waals surface area contributed by atoms with E-state index in [0.717, 1.165) is 11.3 Å². The zero-order valence-corrected chi connectivity index (χ0v) is 13.0. The second-order valence-electron chi connectivity index (χ2n) is 5.58. The predicted octanol–water partition coefficient (Wildman–Crippen LogP) is 1.26. The van der Waals surface area contributed by atoms with Crippen molar-refractivity contribution in [3.8, 4) is 5.75 Å². The van der Waals surface area contributed by atoms with E-state index in [4.69, 9.17) is 15.2 Å². The SMILES string of the molecule is Cc1ccc(C)c(OCCN2CCO[C@H](C)[C@H]2C(N)=O)c1. The highest BCUT2D eigenvalue weighted by molar-refractivity contribution is 5.80. The van der Waals surface area contributed by atoms with E-state index in [0.29, 0.717) is 26.3 Å². The number of carbonyl (C=O) groups is 1. The first-order valence-electron chi connectivity index (χ1n) is 7.34. The van der Waals surface area contributed by atoms with Crippen molar-refractivity contribution < 1.29 is 14.3 Å². The van der Waals surface area contributed by atoms with Crippen LogP contribution in [0.5, 0.6) is 5.75 Å². The van der Waals surface area contributed by atoms with Crippen LogP contribution in [-0.2, 0) is 9.53 Å². The number of hydrogen-bond donors (Lipinski definition) is 1. The Balaban J connectivity index is 1.92. The molecule has 1 saturated heterocycles. The van der Waals surface area contributed by atoms with E-state index in [9.17, 15) is 4.79 Å². The van der Waals surface area contributed by atoms with E-state index < -0.39 is 0 Å². The van der Waals surface area contributed by atoms with Crippen molar-refractivity contribution in [1.82, 2.24) is 4.90 Å². The predicted molar refractivity (Wildman–Crippen MR) is 81.4 cm³/mol. The summed E-state index contributed by atoms with van der Waals surface area (Å²) in [5.41, 5.74) is 7.76. The molecular weight excluding hydrogens is 268 g/mol. The lowest BCUT2D eigenvalue weighted by Gasteiger charge is -2.37. The smallest absolute Gasteiger partial charge is 0.237 e. The van der Waals surface area contributed by atoms with Crippen molar-refractivity contribution in [2.24, 2.45) is 5.73 Å². The molecule has 0 saturated carbocycles.